The van der Waals surface area contributed by atoms with Crippen LogP contribution in [-0.4, -0.2) is 32.2 Å². The first kappa shape index (κ1) is 21.9. The molecule has 1 fully saturated rings. The van der Waals surface area contributed by atoms with Gasteiger partial charge in [-0.15, -0.1) is 23.1 Å². The summed E-state index contributed by atoms with van der Waals surface area (Å²) in [6.07, 6.45) is 1.02. The highest BCUT2D eigenvalue weighted by Gasteiger charge is 2.32. The van der Waals surface area contributed by atoms with Crippen molar-refractivity contribution < 1.29 is 27.9 Å². The fourth-order valence-electron chi connectivity index (χ4n) is 3.33. The molecule has 10 heteroatoms. The highest BCUT2D eigenvalue weighted by Crippen LogP contribution is 2.36. The molecule has 1 saturated carbocycles. The third-order valence-electron chi connectivity index (χ3n) is 5.07. The van der Waals surface area contributed by atoms with Gasteiger partial charge in [0.05, 0.1) is 28.8 Å². The molecule has 0 atom stereocenters. The number of nitrogens with zero attached hydrogens (tertiary/aromatic N) is 2. The van der Waals surface area contributed by atoms with Crippen molar-refractivity contribution in [2.75, 3.05) is 5.75 Å². The number of benzene rings is 1. The molecule has 1 aliphatic carbocycles. The molecule has 164 valence electrons. The van der Waals surface area contributed by atoms with Gasteiger partial charge in [-0.1, -0.05) is 6.07 Å². The quantitative estimate of drug-likeness (QED) is 0.331. The smallest absolute Gasteiger partial charge is 0.416 e. The summed E-state index contributed by atoms with van der Waals surface area (Å²) in [5.41, 5.74) is 0.103. The minimum Gasteiger partial charge on any atom is -0.481 e. The zero-order chi connectivity index (χ0) is 22.2. The number of hydrogen-bond donors (Lipinski definition) is 1. The summed E-state index contributed by atoms with van der Waals surface area (Å²) in [7, 11) is 0. The predicted molar refractivity (Wildman–Crippen MR) is 113 cm³/mol. The van der Waals surface area contributed by atoms with Crippen molar-refractivity contribution in [3.8, 4) is 0 Å². The summed E-state index contributed by atoms with van der Waals surface area (Å²) in [4.78, 5) is 27.8. The van der Waals surface area contributed by atoms with Crippen LogP contribution >= 0.6 is 23.1 Å². The number of halogens is 3. The van der Waals surface area contributed by atoms with Crippen LogP contribution in [0.15, 0.2) is 34.8 Å². The number of thiazole rings is 1. The molecule has 3 aromatic rings. The Morgan fingerprint density at radius 1 is 1.29 bits per heavy atom. The molecular formula is C21H19F3N2O3S2. The van der Waals surface area contributed by atoms with Gasteiger partial charge in [0.15, 0.2) is 5.78 Å². The number of hydrogen-bond acceptors (Lipinski definition) is 5. The van der Waals surface area contributed by atoms with Crippen molar-refractivity contribution in [1.82, 2.24) is 9.55 Å². The minimum atomic E-state index is -4.44. The molecule has 1 aliphatic rings. The fourth-order valence-corrected chi connectivity index (χ4v) is 5.36. The molecule has 0 aliphatic heterocycles. The number of carboxylic acids is 1. The van der Waals surface area contributed by atoms with Gasteiger partial charge in [-0.05, 0) is 30.9 Å². The van der Waals surface area contributed by atoms with E-state index in [2.05, 4.69) is 4.98 Å². The maximum Gasteiger partial charge on any atom is 0.416 e. The van der Waals surface area contributed by atoms with Crippen LogP contribution in [0.1, 0.15) is 40.2 Å². The van der Waals surface area contributed by atoms with E-state index in [-0.39, 0.29) is 18.6 Å². The fraction of sp³-hybridized carbons (Fsp3) is 0.381. The number of aromatic nitrogens is 2. The minimum absolute atomic E-state index is 0.0389. The van der Waals surface area contributed by atoms with E-state index in [1.807, 2.05) is 0 Å². The summed E-state index contributed by atoms with van der Waals surface area (Å²) in [6, 6.07) is 3.51. The van der Waals surface area contributed by atoms with Gasteiger partial charge in [0.25, 0.3) is 0 Å². The molecule has 2 aromatic heterocycles. The van der Waals surface area contributed by atoms with Crippen LogP contribution in [0.25, 0.3) is 10.9 Å². The van der Waals surface area contributed by atoms with Crippen LogP contribution in [0.4, 0.5) is 13.2 Å². The number of Topliss-reactive ketones (excluding diaryl/α,β-unsaturated/α-hetero) is 1. The number of rotatable bonds is 9. The maximum absolute atomic E-state index is 13.2. The monoisotopic (exact) mass is 468 g/mol. The molecule has 0 unspecified atom stereocenters. The Kier molecular flexibility index (Phi) is 6.11. The Morgan fingerprint density at radius 3 is 2.74 bits per heavy atom. The predicted octanol–water partition coefficient (Wildman–Crippen LogP) is 5.52. The normalized spacial score (nSPS) is 14.3. The molecule has 2 heterocycles. The standard InChI is InChI=1S/C21H19F3N2O3S2/c22-21(23,24)13-3-4-14-15(11-26(16(14)7-13)10-12-1-2-12)17(27)8-18-25-9-20(31-18)30-6-5-19(28)29/h3-4,7,9,11-12H,1-2,5-6,8,10H2,(H,28,29). The van der Waals surface area contributed by atoms with E-state index < -0.39 is 17.7 Å². The number of alkyl halides is 3. The lowest BCUT2D eigenvalue weighted by Gasteiger charge is -2.08. The number of carbonyl (C=O) groups is 2. The van der Waals surface area contributed by atoms with E-state index in [9.17, 15) is 22.8 Å². The molecule has 1 N–H and O–H groups in total. The van der Waals surface area contributed by atoms with Crippen molar-refractivity contribution in [2.24, 2.45) is 5.92 Å². The molecular weight excluding hydrogens is 449 g/mol. The van der Waals surface area contributed by atoms with E-state index in [0.717, 1.165) is 29.2 Å². The van der Waals surface area contributed by atoms with E-state index in [1.54, 1.807) is 17.0 Å². The SMILES string of the molecule is O=C(O)CCSc1cnc(CC(=O)c2cn(CC3CC3)c3cc(C(F)(F)F)ccc23)s1. The van der Waals surface area contributed by atoms with Gasteiger partial charge < -0.3 is 9.67 Å². The lowest BCUT2D eigenvalue weighted by Crippen LogP contribution is -2.05. The second kappa shape index (κ2) is 8.66. The van der Waals surface area contributed by atoms with Crippen LogP contribution in [0.2, 0.25) is 0 Å². The molecule has 31 heavy (non-hydrogen) atoms. The van der Waals surface area contributed by atoms with Gasteiger partial charge in [0.2, 0.25) is 0 Å². The van der Waals surface area contributed by atoms with Gasteiger partial charge in [-0.2, -0.15) is 13.2 Å². The molecule has 0 saturated heterocycles. The van der Waals surface area contributed by atoms with Gasteiger partial charge in [-0.25, -0.2) is 4.98 Å². The summed E-state index contributed by atoms with van der Waals surface area (Å²) in [5, 5.41) is 9.83. The zero-order valence-corrected chi connectivity index (χ0v) is 17.9. The summed E-state index contributed by atoms with van der Waals surface area (Å²) < 4.78 is 42.2. The highest BCUT2D eigenvalue weighted by atomic mass is 32.2. The molecule has 0 spiro atoms. The first-order chi connectivity index (χ1) is 14.7. The topological polar surface area (TPSA) is 72.2 Å². The first-order valence-electron chi connectivity index (χ1n) is 9.73. The zero-order valence-electron chi connectivity index (χ0n) is 16.3. The van der Waals surface area contributed by atoms with Crippen LogP contribution in [0.5, 0.6) is 0 Å². The Hall–Kier alpha value is -2.33. The van der Waals surface area contributed by atoms with Gasteiger partial charge in [0, 0.05) is 35.0 Å². The number of thioether (sulfide) groups is 1. The Bertz CT molecular complexity index is 1130. The van der Waals surface area contributed by atoms with Crippen LogP contribution in [-0.2, 0) is 23.9 Å². The number of carbonyl (C=O) groups excluding carboxylic acids is 1. The molecule has 0 bridgehead atoms. The van der Waals surface area contributed by atoms with Gasteiger partial charge >= 0.3 is 12.1 Å². The highest BCUT2D eigenvalue weighted by molar-refractivity contribution is 8.01. The van der Waals surface area contributed by atoms with Gasteiger partial charge in [-0.3, -0.25) is 9.59 Å². The molecule has 4 rings (SSSR count). The third-order valence-corrected chi connectivity index (χ3v) is 7.26. The molecule has 5 nitrogen and oxygen atoms in total. The second-order valence-electron chi connectivity index (χ2n) is 7.53. The number of ketones is 1. The van der Waals surface area contributed by atoms with Gasteiger partial charge in [0.1, 0.15) is 5.01 Å². The summed E-state index contributed by atoms with van der Waals surface area (Å²) in [6.45, 7) is 0.604. The van der Waals surface area contributed by atoms with Crippen molar-refractivity contribution in [2.45, 2.75) is 42.6 Å². The third kappa shape index (κ3) is 5.30. The number of aliphatic carboxylic acids is 1. The van der Waals surface area contributed by atoms with E-state index in [0.29, 0.717) is 39.7 Å². The number of fused-ring (bicyclic) bond motifs is 1. The molecule has 1 aromatic carbocycles. The Balaban J connectivity index is 1.56. The van der Waals surface area contributed by atoms with E-state index >= 15 is 0 Å². The first-order valence-corrected chi connectivity index (χ1v) is 11.5. The van der Waals surface area contributed by atoms with Crippen molar-refractivity contribution in [1.29, 1.82) is 0 Å². The van der Waals surface area contributed by atoms with Crippen molar-refractivity contribution in [3.63, 3.8) is 0 Å². The average molecular weight is 469 g/mol. The number of carboxylic acid groups (broad SMARTS) is 1. The summed E-state index contributed by atoms with van der Waals surface area (Å²) >= 11 is 2.70. The molecule has 0 amide bonds. The largest absolute Gasteiger partial charge is 0.481 e. The lowest BCUT2D eigenvalue weighted by atomic mass is 10.1. The molecule has 0 radical (unpaired) electrons. The van der Waals surface area contributed by atoms with E-state index in [4.69, 9.17) is 5.11 Å². The van der Waals surface area contributed by atoms with E-state index in [1.165, 1.54) is 29.2 Å². The Morgan fingerprint density at radius 2 is 2.06 bits per heavy atom. The second-order valence-corrected chi connectivity index (χ2v) is 10.0. The van der Waals surface area contributed by atoms with Crippen molar-refractivity contribution >= 4 is 45.8 Å². The van der Waals surface area contributed by atoms with Crippen molar-refractivity contribution in [3.05, 3.63) is 46.7 Å². The maximum atomic E-state index is 13.2. The van der Waals surface area contributed by atoms with Crippen LogP contribution < -0.4 is 0 Å². The average Bonchev–Trinajstić information content (AvgIpc) is 3.28. The lowest BCUT2D eigenvalue weighted by molar-refractivity contribution is -0.138. The summed E-state index contributed by atoms with van der Waals surface area (Å²) in [5.74, 6) is -0.210. The van der Waals surface area contributed by atoms with Crippen LogP contribution in [0.3, 0.4) is 0 Å². The van der Waals surface area contributed by atoms with Crippen LogP contribution in [0, 0.1) is 5.92 Å². The Labute approximate surface area is 184 Å².